The first kappa shape index (κ1) is 17.5. The zero-order valence-corrected chi connectivity index (χ0v) is 14.3. The van der Waals surface area contributed by atoms with Gasteiger partial charge in [0.25, 0.3) is 5.91 Å². The number of carbonyl (C=O) groups is 3. The quantitative estimate of drug-likeness (QED) is 0.858. The predicted molar refractivity (Wildman–Crippen MR) is 92.0 cm³/mol. The molecule has 3 rings (SSSR count). The molecule has 0 radical (unpaired) electrons. The Hall–Kier alpha value is -2.37. The lowest BCUT2D eigenvalue weighted by Crippen LogP contribution is -2.55. The minimum atomic E-state index is -1.16. The van der Waals surface area contributed by atoms with Gasteiger partial charge in [-0.05, 0) is 37.0 Å². The first-order chi connectivity index (χ1) is 12.0. The Morgan fingerprint density at radius 1 is 1.16 bits per heavy atom. The average molecular weight is 344 g/mol. The highest BCUT2D eigenvalue weighted by Gasteiger charge is 2.41. The maximum absolute atomic E-state index is 12.6. The Kier molecular flexibility index (Phi) is 5.06. The number of likely N-dealkylation sites (tertiary alicyclic amines) is 1. The molecule has 2 N–H and O–H groups in total. The molecule has 2 amide bonds. The fourth-order valence-corrected chi connectivity index (χ4v) is 3.74. The van der Waals surface area contributed by atoms with Crippen molar-refractivity contribution in [3.8, 4) is 0 Å². The van der Waals surface area contributed by atoms with Gasteiger partial charge in [-0.1, -0.05) is 31.4 Å². The van der Waals surface area contributed by atoms with E-state index in [9.17, 15) is 19.5 Å². The van der Waals surface area contributed by atoms with E-state index >= 15 is 0 Å². The normalized spacial score (nSPS) is 19.7. The van der Waals surface area contributed by atoms with E-state index in [1.165, 1.54) is 0 Å². The minimum Gasteiger partial charge on any atom is -0.480 e. The Morgan fingerprint density at radius 3 is 2.56 bits per heavy atom. The summed E-state index contributed by atoms with van der Waals surface area (Å²) >= 11 is 0. The molecule has 1 aliphatic heterocycles. The number of hydrogen-bond acceptors (Lipinski definition) is 3. The summed E-state index contributed by atoms with van der Waals surface area (Å²) in [6, 6.07) is 7.09. The van der Waals surface area contributed by atoms with Crippen molar-refractivity contribution in [2.24, 2.45) is 0 Å². The fourth-order valence-electron chi connectivity index (χ4n) is 3.74. The molecule has 6 nitrogen and oxygen atoms in total. The van der Waals surface area contributed by atoms with Crippen molar-refractivity contribution in [2.75, 3.05) is 6.54 Å². The van der Waals surface area contributed by atoms with Crippen LogP contribution in [-0.2, 0) is 16.1 Å². The van der Waals surface area contributed by atoms with Gasteiger partial charge in [0, 0.05) is 25.1 Å². The van der Waals surface area contributed by atoms with Crippen molar-refractivity contribution >= 4 is 17.8 Å². The van der Waals surface area contributed by atoms with Gasteiger partial charge in [-0.2, -0.15) is 0 Å². The molecule has 1 aromatic rings. The maximum atomic E-state index is 12.6. The summed E-state index contributed by atoms with van der Waals surface area (Å²) in [7, 11) is 0. The molecule has 0 aromatic heterocycles. The van der Waals surface area contributed by atoms with Gasteiger partial charge in [0.2, 0.25) is 5.91 Å². The summed E-state index contributed by atoms with van der Waals surface area (Å²) in [5.74, 6) is -1.18. The molecule has 0 spiro atoms. The van der Waals surface area contributed by atoms with Crippen molar-refractivity contribution in [3.05, 3.63) is 35.4 Å². The Morgan fingerprint density at radius 2 is 1.92 bits per heavy atom. The molecular formula is C19H24N2O4. The molecule has 6 heteroatoms. The van der Waals surface area contributed by atoms with Crippen LogP contribution in [0.15, 0.2) is 24.3 Å². The number of rotatable bonds is 5. The van der Waals surface area contributed by atoms with Gasteiger partial charge in [-0.3, -0.25) is 9.59 Å². The first-order valence-electron chi connectivity index (χ1n) is 8.93. The number of amides is 2. The van der Waals surface area contributed by atoms with Crippen molar-refractivity contribution in [2.45, 2.75) is 57.0 Å². The van der Waals surface area contributed by atoms with E-state index in [1.807, 2.05) is 6.07 Å². The second-order valence-electron chi connectivity index (χ2n) is 7.02. The van der Waals surface area contributed by atoms with Gasteiger partial charge in [0.1, 0.15) is 5.54 Å². The fraction of sp³-hybridized carbons (Fsp3) is 0.526. The highest BCUT2D eigenvalue weighted by atomic mass is 16.4. The number of benzene rings is 1. The van der Waals surface area contributed by atoms with Crippen LogP contribution in [0.4, 0.5) is 0 Å². The third kappa shape index (κ3) is 3.83. The summed E-state index contributed by atoms with van der Waals surface area (Å²) in [6.45, 7) is 1.24. The predicted octanol–water partition coefficient (Wildman–Crippen LogP) is 2.33. The number of nitrogens with one attached hydrogen (secondary N) is 1. The largest absolute Gasteiger partial charge is 0.480 e. The summed E-state index contributed by atoms with van der Waals surface area (Å²) in [5.41, 5.74) is 0.169. The number of carboxylic acid groups (broad SMARTS) is 1. The Balaban J connectivity index is 1.72. The SMILES string of the molecule is O=C(NC1(C(=O)O)CCCCC1)c1cccc(CN2CCCC2=O)c1. The van der Waals surface area contributed by atoms with Crippen LogP contribution in [0.25, 0.3) is 0 Å². The summed E-state index contributed by atoms with van der Waals surface area (Å²) in [6.07, 6.45) is 5.02. The van der Waals surface area contributed by atoms with E-state index in [2.05, 4.69) is 5.32 Å². The number of carbonyl (C=O) groups excluding carboxylic acids is 2. The van der Waals surface area contributed by atoms with Crippen LogP contribution >= 0.6 is 0 Å². The van der Waals surface area contributed by atoms with Crippen LogP contribution in [0.3, 0.4) is 0 Å². The van der Waals surface area contributed by atoms with Gasteiger partial charge in [0.15, 0.2) is 0 Å². The Bertz CT molecular complexity index is 680. The van der Waals surface area contributed by atoms with Crippen molar-refractivity contribution < 1.29 is 19.5 Å². The molecule has 25 heavy (non-hydrogen) atoms. The summed E-state index contributed by atoms with van der Waals surface area (Å²) in [5, 5.41) is 12.4. The zero-order valence-electron chi connectivity index (χ0n) is 14.3. The molecule has 2 aliphatic rings. The standard InChI is InChI=1S/C19H24N2O4/c22-16-8-5-11-21(16)13-14-6-4-7-15(12-14)17(23)20-19(18(24)25)9-2-1-3-10-19/h4,6-7,12H,1-3,5,8-11,13H2,(H,20,23)(H,24,25). The van der Waals surface area contributed by atoms with E-state index in [1.54, 1.807) is 23.1 Å². The van der Waals surface area contributed by atoms with E-state index in [0.717, 1.165) is 37.8 Å². The van der Waals surface area contributed by atoms with Crippen LogP contribution in [0.5, 0.6) is 0 Å². The number of aliphatic carboxylic acids is 1. The smallest absolute Gasteiger partial charge is 0.329 e. The van der Waals surface area contributed by atoms with E-state index in [4.69, 9.17) is 0 Å². The minimum absolute atomic E-state index is 0.141. The molecule has 2 fully saturated rings. The van der Waals surface area contributed by atoms with Crippen LogP contribution in [-0.4, -0.2) is 39.9 Å². The zero-order chi connectivity index (χ0) is 17.9. The van der Waals surface area contributed by atoms with Crippen LogP contribution in [0.2, 0.25) is 0 Å². The van der Waals surface area contributed by atoms with Gasteiger partial charge in [-0.25, -0.2) is 4.79 Å². The number of carboxylic acids is 1. The molecule has 1 saturated heterocycles. The van der Waals surface area contributed by atoms with Crippen LogP contribution < -0.4 is 5.32 Å². The second-order valence-corrected chi connectivity index (χ2v) is 7.02. The third-order valence-corrected chi connectivity index (χ3v) is 5.20. The number of hydrogen-bond donors (Lipinski definition) is 2. The molecule has 1 aliphatic carbocycles. The molecule has 0 bridgehead atoms. The topological polar surface area (TPSA) is 86.7 Å². The molecule has 134 valence electrons. The lowest BCUT2D eigenvalue weighted by atomic mass is 9.81. The molecule has 0 atom stereocenters. The monoisotopic (exact) mass is 344 g/mol. The molecule has 0 unspecified atom stereocenters. The molecule has 1 saturated carbocycles. The van der Waals surface area contributed by atoms with Crippen LogP contribution in [0.1, 0.15) is 60.9 Å². The maximum Gasteiger partial charge on any atom is 0.329 e. The molecule has 1 heterocycles. The highest BCUT2D eigenvalue weighted by Crippen LogP contribution is 2.29. The van der Waals surface area contributed by atoms with Crippen molar-refractivity contribution in [1.29, 1.82) is 0 Å². The average Bonchev–Trinajstić information content (AvgIpc) is 3.00. The second kappa shape index (κ2) is 7.25. The molecule has 1 aromatic carbocycles. The van der Waals surface area contributed by atoms with E-state index in [-0.39, 0.29) is 11.8 Å². The van der Waals surface area contributed by atoms with Crippen molar-refractivity contribution in [3.63, 3.8) is 0 Å². The number of nitrogens with zero attached hydrogens (tertiary/aromatic N) is 1. The lowest BCUT2D eigenvalue weighted by molar-refractivity contribution is -0.146. The van der Waals surface area contributed by atoms with Gasteiger partial charge in [-0.15, -0.1) is 0 Å². The van der Waals surface area contributed by atoms with E-state index < -0.39 is 11.5 Å². The third-order valence-electron chi connectivity index (χ3n) is 5.20. The van der Waals surface area contributed by atoms with Gasteiger partial charge in [0.05, 0.1) is 0 Å². The molecular weight excluding hydrogens is 320 g/mol. The van der Waals surface area contributed by atoms with Gasteiger partial charge < -0.3 is 15.3 Å². The van der Waals surface area contributed by atoms with Gasteiger partial charge >= 0.3 is 5.97 Å². The first-order valence-corrected chi connectivity index (χ1v) is 8.93. The van der Waals surface area contributed by atoms with Crippen LogP contribution in [0, 0.1) is 0 Å². The summed E-state index contributed by atoms with van der Waals surface area (Å²) < 4.78 is 0. The highest BCUT2D eigenvalue weighted by molar-refractivity contribution is 5.98. The Labute approximate surface area is 147 Å². The lowest BCUT2D eigenvalue weighted by Gasteiger charge is -2.34. The van der Waals surface area contributed by atoms with E-state index in [0.29, 0.717) is 31.4 Å². The summed E-state index contributed by atoms with van der Waals surface area (Å²) in [4.78, 5) is 37.9. The van der Waals surface area contributed by atoms with Crippen molar-refractivity contribution in [1.82, 2.24) is 10.2 Å².